The maximum Gasteiger partial charge on any atom is 0.323 e. The summed E-state index contributed by atoms with van der Waals surface area (Å²) in [4.78, 5) is 15.1. The average molecular weight is 267 g/mol. The summed E-state index contributed by atoms with van der Waals surface area (Å²) in [5, 5.41) is 2.94. The van der Waals surface area contributed by atoms with Crippen molar-refractivity contribution in [1.29, 1.82) is 0 Å². The minimum absolute atomic E-state index is 0.0347. The van der Waals surface area contributed by atoms with Gasteiger partial charge < -0.3 is 19.7 Å². The average Bonchev–Trinajstić information content (AvgIpc) is 2.66. The smallest absolute Gasteiger partial charge is 0.323 e. The van der Waals surface area contributed by atoms with Gasteiger partial charge in [0.05, 0.1) is 12.7 Å². The van der Waals surface area contributed by atoms with E-state index in [-0.39, 0.29) is 6.10 Å². The molecule has 1 aliphatic heterocycles. The Morgan fingerprint density at radius 1 is 1.21 bits per heavy atom. The Kier molecular flexibility index (Phi) is 4.73. The molecule has 2 rings (SSSR count). The summed E-state index contributed by atoms with van der Waals surface area (Å²) in [5.41, 5.74) is 0. The van der Waals surface area contributed by atoms with Gasteiger partial charge in [-0.1, -0.05) is 0 Å². The van der Waals surface area contributed by atoms with E-state index in [1.807, 2.05) is 13.8 Å². The van der Waals surface area contributed by atoms with Crippen molar-refractivity contribution in [2.75, 3.05) is 43.6 Å². The van der Waals surface area contributed by atoms with Crippen LogP contribution in [0.25, 0.3) is 0 Å². The van der Waals surface area contributed by atoms with Gasteiger partial charge in [0.15, 0.2) is 0 Å². The highest BCUT2D eigenvalue weighted by Gasteiger charge is 2.16. The van der Waals surface area contributed by atoms with Crippen LogP contribution in [0.2, 0.25) is 0 Å². The molecule has 0 bridgehead atoms. The van der Waals surface area contributed by atoms with E-state index >= 15 is 0 Å². The lowest BCUT2D eigenvalue weighted by molar-refractivity contribution is 0.152. The van der Waals surface area contributed by atoms with Crippen molar-refractivity contribution in [3.63, 3.8) is 0 Å². The lowest BCUT2D eigenvalue weighted by Gasteiger charge is -2.20. The number of aromatic nitrogens is 3. The molecular formula is C12H21N5O2. The van der Waals surface area contributed by atoms with Crippen molar-refractivity contribution in [3.05, 3.63) is 0 Å². The number of ether oxygens (including phenoxy) is 2. The van der Waals surface area contributed by atoms with Gasteiger partial charge >= 0.3 is 6.01 Å². The van der Waals surface area contributed by atoms with Crippen molar-refractivity contribution in [1.82, 2.24) is 15.0 Å². The molecule has 7 heteroatoms. The van der Waals surface area contributed by atoms with Gasteiger partial charge in [-0.05, 0) is 20.3 Å². The minimum atomic E-state index is 0.0347. The Balaban J connectivity index is 2.22. The Hall–Kier alpha value is -1.63. The molecule has 1 saturated heterocycles. The van der Waals surface area contributed by atoms with E-state index in [1.165, 1.54) is 0 Å². The number of hydrogen-bond acceptors (Lipinski definition) is 7. The van der Waals surface area contributed by atoms with Gasteiger partial charge in [-0.2, -0.15) is 15.0 Å². The second-order valence-electron chi connectivity index (χ2n) is 4.61. The Labute approximate surface area is 113 Å². The highest BCUT2D eigenvalue weighted by Crippen LogP contribution is 2.16. The first-order valence-corrected chi connectivity index (χ1v) is 6.62. The first-order valence-electron chi connectivity index (χ1n) is 6.62. The van der Waals surface area contributed by atoms with E-state index in [9.17, 15) is 0 Å². The summed E-state index contributed by atoms with van der Waals surface area (Å²) >= 11 is 0. The molecule has 1 aliphatic rings. The van der Waals surface area contributed by atoms with Crippen LogP contribution in [-0.4, -0.2) is 54.4 Å². The first kappa shape index (κ1) is 13.8. The zero-order valence-electron chi connectivity index (χ0n) is 11.7. The fraction of sp³-hybridized carbons (Fsp3) is 0.750. The third-order valence-corrected chi connectivity index (χ3v) is 2.67. The maximum atomic E-state index is 5.56. The SMILES string of the molecule is CNc1nc(OC(C)C)nc(N2CCCOCC2)n1. The topological polar surface area (TPSA) is 72.4 Å². The monoisotopic (exact) mass is 267 g/mol. The van der Waals surface area contributed by atoms with Gasteiger partial charge in [0, 0.05) is 26.7 Å². The molecule has 2 heterocycles. The molecule has 19 heavy (non-hydrogen) atoms. The molecule has 0 aromatic carbocycles. The largest absolute Gasteiger partial charge is 0.461 e. The van der Waals surface area contributed by atoms with Gasteiger partial charge in [0.2, 0.25) is 11.9 Å². The van der Waals surface area contributed by atoms with Crippen molar-refractivity contribution in [2.45, 2.75) is 26.4 Å². The summed E-state index contributed by atoms with van der Waals surface area (Å²) in [5.74, 6) is 1.16. The second-order valence-corrected chi connectivity index (χ2v) is 4.61. The van der Waals surface area contributed by atoms with Crippen LogP contribution in [0.15, 0.2) is 0 Å². The molecule has 0 spiro atoms. The number of hydrogen-bond donors (Lipinski definition) is 1. The standard InChI is InChI=1S/C12H21N5O2/c1-9(2)19-12-15-10(13-3)14-11(16-12)17-5-4-7-18-8-6-17/h9H,4-8H2,1-3H3,(H,13,14,15,16). The molecule has 1 N–H and O–H groups in total. The van der Waals surface area contributed by atoms with Crippen molar-refractivity contribution in [2.24, 2.45) is 0 Å². The van der Waals surface area contributed by atoms with E-state index in [0.717, 1.165) is 26.1 Å². The molecule has 1 fully saturated rings. The predicted molar refractivity (Wildman–Crippen MR) is 72.8 cm³/mol. The molecular weight excluding hydrogens is 246 g/mol. The number of anilines is 2. The fourth-order valence-electron chi connectivity index (χ4n) is 1.81. The molecule has 0 amide bonds. The molecule has 0 radical (unpaired) electrons. The van der Waals surface area contributed by atoms with Crippen molar-refractivity contribution in [3.8, 4) is 6.01 Å². The Morgan fingerprint density at radius 3 is 2.79 bits per heavy atom. The normalized spacial score (nSPS) is 16.3. The first-order chi connectivity index (χ1) is 9.19. The quantitative estimate of drug-likeness (QED) is 0.869. The molecule has 106 valence electrons. The van der Waals surface area contributed by atoms with Gasteiger partial charge in [-0.15, -0.1) is 0 Å². The van der Waals surface area contributed by atoms with E-state index in [2.05, 4.69) is 25.2 Å². The van der Waals surface area contributed by atoms with Crippen LogP contribution in [0, 0.1) is 0 Å². The van der Waals surface area contributed by atoms with Crippen LogP contribution in [0.3, 0.4) is 0 Å². The molecule has 7 nitrogen and oxygen atoms in total. The van der Waals surface area contributed by atoms with Crippen molar-refractivity contribution >= 4 is 11.9 Å². The van der Waals surface area contributed by atoms with Crippen LogP contribution in [0.4, 0.5) is 11.9 Å². The highest BCUT2D eigenvalue weighted by molar-refractivity contribution is 5.38. The Bertz CT molecular complexity index is 405. The molecule has 0 atom stereocenters. The van der Waals surface area contributed by atoms with Gasteiger partial charge in [0.1, 0.15) is 0 Å². The number of nitrogens with zero attached hydrogens (tertiary/aromatic N) is 4. The molecule has 1 aromatic heterocycles. The number of nitrogens with one attached hydrogen (secondary N) is 1. The predicted octanol–water partition coefficient (Wildman–Crippen LogP) is 0.927. The maximum absolute atomic E-state index is 5.56. The third-order valence-electron chi connectivity index (χ3n) is 2.67. The lowest BCUT2D eigenvalue weighted by Crippen LogP contribution is -2.28. The lowest BCUT2D eigenvalue weighted by atomic mass is 10.4. The van der Waals surface area contributed by atoms with Crippen LogP contribution in [-0.2, 0) is 4.74 Å². The molecule has 0 aliphatic carbocycles. The zero-order chi connectivity index (χ0) is 13.7. The van der Waals surface area contributed by atoms with E-state index in [4.69, 9.17) is 9.47 Å². The minimum Gasteiger partial charge on any atom is -0.461 e. The van der Waals surface area contributed by atoms with E-state index in [0.29, 0.717) is 24.5 Å². The molecule has 1 aromatic rings. The van der Waals surface area contributed by atoms with Crippen LogP contribution >= 0.6 is 0 Å². The van der Waals surface area contributed by atoms with Gasteiger partial charge in [0.25, 0.3) is 0 Å². The van der Waals surface area contributed by atoms with Crippen LogP contribution < -0.4 is 15.0 Å². The second kappa shape index (κ2) is 6.51. The Morgan fingerprint density at radius 2 is 2.05 bits per heavy atom. The summed E-state index contributed by atoms with van der Waals surface area (Å²) < 4.78 is 11.0. The molecule has 0 unspecified atom stereocenters. The van der Waals surface area contributed by atoms with Crippen molar-refractivity contribution < 1.29 is 9.47 Å². The summed E-state index contributed by atoms with van der Waals surface area (Å²) in [6, 6.07) is 0.356. The van der Waals surface area contributed by atoms with Crippen LogP contribution in [0.1, 0.15) is 20.3 Å². The molecule has 0 saturated carbocycles. The van der Waals surface area contributed by atoms with Gasteiger partial charge in [-0.25, -0.2) is 0 Å². The summed E-state index contributed by atoms with van der Waals surface area (Å²) in [7, 11) is 1.78. The van der Waals surface area contributed by atoms with E-state index < -0.39 is 0 Å². The van der Waals surface area contributed by atoms with Gasteiger partial charge in [-0.3, -0.25) is 0 Å². The zero-order valence-corrected chi connectivity index (χ0v) is 11.7. The highest BCUT2D eigenvalue weighted by atomic mass is 16.5. The van der Waals surface area contributed by atoms with Crippen LogP contribution in [0.5, 0.6) is 6.01 Å². The third kappa shape index (κ3) is 3.92. The fourth-order valence-corrected chi connectivity index (χ4v) is 1.81. The summed E-state index contributed by atoms with van der Waals surface area (Å²) in [6.07, 6.45) is 1.01. The number of rotatable bonds is 4. The summed E-state index contributed by atoms with van der Waals surface area (Å²) in [6.45, 7) is 7.05. The van der Waals surface area contributed by atoms with E-state index in [1.54, 1.807) is 7.05 Å².